The lowest BCUT2D eigenvalue weighted by Crippen LogP contribution is -2.38. The monoisotopic (exact) mass is 436 g/mol. The van der Waals surface area contributed by atoms with Gasteiger partial charge in [-0.25, -0.2) is 8.42 Å². The number of amides is 1. The van der Waals surface area contributed by atoms with Gasteiger partial charge in [-0.2, -0.15) is 0 Å². The maximum atomic E-state index is 13.5. The van der Waals surface area contributed by atoms with Gasteiger partial charge in [0.15, 0.2) is 0 Å². The minimum atomic E-state index is -3.93. The van der Waals surface area contributed by atoms with Crippen LogP contribution in [-0.4, -0.2) is 20.9 Å². The molecule has 3 aromatic carbocycles. The third-order valence-electron chi connectivity index (χ3n) is 5.33. The van der Waals surface area contributed by atoms with Crippen LogP contribution in [0.15, 0.2) is 71.6 Å². The van der Waals surface area contributed by atoms with Crippen molar-refractivity contribution in [3.8, 4) is 0 Å². The molecule has 0 saturated heterocycles. The molecule has 0 unspecified atom stereocenters. The number of nitrogens with one attached hydrogen (secondary N) is 1. The van der Waals surface area contributed by atoms with Gasteiger partial charge in [-0.1, -0.05) is 48.9 Å². The number of anilines is 2. The molecule has 0 spiro atoms. The summed E-state index contributed by atoms with van der Waals surface area (Å²) in [6.45, 7) is 7.51. The lowest BCUT2D eigenvalue weighted by Gasteiger charge is -2.26. The highest BCUT2D eigenvalue weighted by Crippen LogP contribution is 2.28. The standard InChI is InChI=1S/C25H28N2O3S/c1-5-21-8-6-7-9-24(21)27(31(29,30)23-14-10-18(2)11-15-23)17-25(28)26-22-13-12-19(3)20(4)16-22/h6-16H,5,17H2,1-4H3,(H,26,28). The van der Waals surface area contributed by atoms with Crippen molar-refractivity contribution in [2.45, 2.75) is 39.0 Å². The van der Waals surface area contributed by atoms with E-state index in [9.17, 15) is 13.2 Å². The smallest absolute Gasteiger partial charge is 0.264 e. The summed E-state index contributed by atoms with van der Waals surface area (Å²) < 4.78 is 28.3. The number of hydrogen-bond acceptors (Lipinski definition) is 3. The maximum absolute atomic E-state index is 13.5. The average Bonchev–Trinajstić information content (AvgIpc) is 2.75. The normalized spacial score (nSPS) is 11.2. The molecule has 0 fully saturated rings. The van der Waals surface area contributed by atoms with Crippen molar-refractivity contribution in [2.75, 3.05) is 16.2 Å². The SMILES string of the molecule is CCc1ccccc1N(CC(=O)Nc1ccc(C)c(C)c1)S(=O)(=O)c1ccc(C)cc1. The van der Waals surface area contributed by atoms with Gasteiger partial charge in [0.1, 0.15) is 6.54 Å². The molecule has 3 rings (SSSR count). The van der Waals surface area contributed by atoms with Gasteiger partial charge in [-0.05, 0) is 74.2 Å². The highest BCUT2D eigenvalue weighted by atomic mass is 32.2. The molecule has 0 aliphatic carbocycles. The van der Waals surface area contributed by atoms with Crippen molar-refractivity contribution in [2.24, 2.45) is 0 Å². The van der Waals surface area contributed by atoms with Crippen LogP contribution in [-0.2, 0) is 21.2 Å². The Morgan fingerprint density at radius 2 is 1.58 bits per heavy atom. The zero-order chi connectivity index (χ0) is 22.6. The average molecular weight is 437 g/mol. The molecule has 5 nitrogen and oxygen atoms in total. The van der Waals surface area contributed by atoms with E-state index in [0.29, 0.717) is 17.8 Å². The molecule has 0 heterocycles. The van der Waals surface area contributed by atoms with Gasteiger partial charge in [0.05, 0.1) is 10.6 Å². The summed E-state index contributed by atoms with van der Waals surface area (Å²) >= 11 is 0. The van der Waals surface area contributed by atoms with E-state index < -0.39 is 15.9 Å². The van der Waals surface area contributed by atoms with Gasteiger partial charge >= 0.3 is 0 Å². The van der Waals surface area contributed by atoms with E-state index in [4.69, 9.17) is 0 Å². The lowest BCUT2D eigenvalue weighted by atomic mass is 10.1. The number of carbonyl (C=O) groups is 1. The molecule has 0 aromatic heterocycles. The fraction of sp³-hybridized carbons (Fsp3) is 0.240. The molecule has 0 radical (unpaired) electrons. The molecular formula is C25H28N2O3S. The Balaban J connectivity index is 1.98. The van der Waals surface area contributed by atoms with Crippen LogP contribution in [0.4, 0.5) is 11.4 Å². The maximum Gasteiger partial charge on any atom is 0.264 e. The van der Waals surface area contributed by atoms with Gasteiger partial charge in [-0.15, -0.1) is 0 Å². The summed E-state index contributed by atoms with van der Waals surface area (Å²) in [4.78, 5) is 13.1. The third kappa shape index (κ3) is 5.14. The van der Waals surface area contributed by atoms with Crippen molar-refractivity contribution in [3.05, 3.63) is 89.0 Å². The van der Waals surface area contributed by atoms with Crippen LogP contribution >= 0.6 is 0 Å². The van der Waals surface area contributed by atoms with Gasteiger partial charge in [0.2, 0.25) is 5.91 Å². The summed E-state index contributed by atoms with van der Waals surface area (Å²) in [5.74, 6) is -0.398. The first kappa shape index (κ1) is 22.6. The number of para-hydroxylation sites is 1. The van der Waals surface area contributed by atoms with E-state index in [1.165, 1.54) is 4.31 Å². The molecule has 0 aliphatic heterocycles. The topological polar surface area (TPSA) is 66.5 Å². The van der Waals surface area contributed by atoms with E-state index in [-0.39, 0.29) is 11.4 Å². The molecule has 31 heavy (non-hydrogen) atoms. The Morgan fingerprint density at radius 3 is 2.23 bits per heavy atom. The number of aryl methyl sites for hydroxylation is 4. The van der Waals surface area contributed by atoms with E-state index in [1.54, 1.807) is 36.4 Å². The minimum Gasteiger partial charge on any atom is -0.325 e. The molecule has 1 N–H and O–H groups in total. The van der Waals surface area contributed by atoms with E-state index >= 15 is 0 Å². The van der Waals surface area contributed by atoms with Crippen LogP contribution in [0.2, 0.25) is 0 Å². The van der Waals surface area contributed by atoms with Gasteiger partial charge in [-0.3, -0.25) is 9.10 Å². The number of sulfonamides is 1. The Kier molecular flexibility index (Phi) is 6.81. The molecule has 0 atom stereocenters. The predicted octanol–water partition coefficient (Wildman–Crippen LogP) is 5.01. The summed E-state index contributed by atoms with van der Waals surface area (Å²) in [5.41, 5.74) is 5.16. The molecule has 162 valence electrons. The van der Waals surface area contributed by atoms with Crippen molar-refractivity contribution in [1.29, 1.82) is 0 Å². The first-order valence-electron chi connectivity index (χ1n) is 10.3. The number of hydrogen-bond donors (Lipinski definition) is 1. The van der Waals surface area contributed by atoms with E-state index in [2.05, 4.69) is 5.32 Å². The van der Waals surface area contributed by atoms with Crippen molar-refractivity contribution in [3.63, 3.8) is 0 Å². The van der Waals surface area contributed by atoms with Gasteiger partial charge in [0.25, 0.3) is 10.0 Å². The zero-order valence-electron chi connectivity index (χ0n) is 18.3. The van der Waals surface area contributed by atoms with Crippen LogP contribution in [0.5, 0.6) is 0 Å². The number of nitrogens with zero attached hydrogens (tertiary/aromatic N) is 1. The third-order valence-corrected chi connectivity index (χ3v) is 7.10. The molecule has 6 heteroatoms. The molecule has 0 saturated carbocycles. The summed E-state index contributed by atoms with van der Waals surface area (Å²) in [5, 5.41) is 2.84. The van der Waals surface area contributed by atoms with Crippen molar-refractivity contribution >= 4 is 27.3 Å². The first-order chi connectivity index (χ1) is 14.7. The number of rotatable bonds is 7. The highest BCUT2D eigenvalue weighted by molar-refractivity contribution is 7.92. The van der Waals surface area contributed by atoms with Crippen LogP contribution in [0.3, 0.4) is 0 Å². The van der Waals surface area contributed by atoms with E-state index in [1.807, 2.05) is 58.0 Å². The van der Waals surface area contributed by atoms with Gasteiger partial charge < -0.3 is 5.32 Å². The molecule has 0 aliphatic rings. The Labute approximate surface area is 184 Å². The number of carbonyl (C=O) groups excluding carboxylic acids is 1. The summed E-state index contributed by atoms with van der Waals surface area (Å²) in [6, 6.07) is 19.6. The number of benzene rings is 3. The second kappa shape index (κ2) is 9.35. The molecule has 1 amide bonds. The largest absolute Gasteiger partial charge is 0.325 e. The van der Waals surface area contributed by atoms with Crippen LogP contribution in [0.1, 0.15) is 29.2 Å². The second-order valence-corrected chi connectivity index (χ2v) is 9.52. The highest BCUT2D eigenvalue weighted by Gasteiger charge is 2.28. The minimum absolute atomic E-state index is 0.156. The lowest BCUT2D eigenvalue weighted by molar-refractivity contribution is -0.114. The molecular weight excluding hydrogens is 408 g/mol. The summed E-state index contributed by atoms with van der Waals surface area (Å²) in [7, 11) is -3.93. The predicted molar refractivity (Wildman–Crippen MR) is 126 cm³/mol. The zero-order valence-corrected chi connectivity index (χ0v) is 19.2. The fourth-order valence-corrected chi connectivity index (χ4v) is 4.80. The Hall–Kier alpha value is -3.12. The van der Waals surface area contributed by atoms with Crippen LogP contribution < -0.4 is 9.62 Å². The van der Waals surface area contributed by atoms with Crippen LogP contribution in [0.25, 0.3) is 0 Å². The Morgan fingerprint density at radius 1 is 0.903 bits per heavy atom. The quantitative estimate of drug-likeness (QED) is 0.566. The van der Waals surface area contributed by atoms with E-state index in [0.717, 1.165) is 22.3 Å². The fourth-order valence-electron chi connectivity index (χ4n) is 3.34. The molecule has 3 aromatic rings. The van der Waals surface area contributed by atoms with Crippen LogP contribution in [0, 0.1) is 20.8 Å². The van der Waals surface area contributed by atoms with Crippen molar-refractivity contribution in [1.82, 2.24) is 0 Å². The van der Waals surface area contributed by atoms with Gasteiger partial charge in [0, 0.05) is 5.69 Å². The van der Waals surface area contributed by atoms with Crippen molar-refractivity contribution < 1.29 is 13.2 Å². The molecule has 0 bridgehead atoms. The first-order valence-corrected chi connectivity index (χ1v) is 11.7. The second-order valence-electron chi connectivity index (χ2n) is 7.65. The summed E-state index contributed by atoms with van der Waals surface area (Å²) in [6.07, 6.45) is 0.648. The Bertz CT molecular complexity index is 1190.